The van der Waals surface area contributed by atoms with Crippen LogP contribution in [0.25, 0.3) is 6.08 Å². The first kappa shape index (κ1) is 11.0. The molecule has 0 saturated carbocycles. The van der Waals surface area contributed by atoms with Gasteiger partial charge in [0.1, 0.15) is 0 Å². The average molecular weight is 191 g/mol. The maximum absolute atomic E-state index is 12.5. The van der Waals surface area contributed by atoms with Gasteiger partial charge in [0.15, 0.2) is 0 Å². The lowest BCUT2D eigenvalue weighted by molar-refractivity contribution is 0.464. The zero-order chi connectivity index (χ0) is 10.6. The molecule has 0 heterocycles. The van der Waals surface area contributed by atoms with Crippen molar-refractivity contribution in [3.63, 3.8) is 0 Å². The minimum atomic E-state index is -0.409. The van der Waals surface area contributed by atoms with Gasteiger partial charge in [0, 0.05) is 5.92 Å². The third-order valence-electron chi connectivity index (χ3n) is 2.45. The van der Waals surface area contributed by atoms with E-state index in [1.807, 2.05) is 24.3 Å². The fraction of sp³-hybridized carbons (Fsp3) is 0.308. The van der Waals surface area contributed by atoms with Crippen LogP contribution in [0, 0.1) is 6.92 Å². The van der Waals surface area contributed by atoms with Gasteiger partial charge in [-0.2, -0.15) is 0 Å². The molecular weight excluding hydrogens is 175 g/mol. The van der Waals surface area contributed by atoms with Crippen molar-refractivity contribution in [1.29, 1.82) is 0 Å². The monoisotopic (exact) mass is 191 g/mol. The van der Waals surface area contributed by atoms with Gasteiger partial charge in [0.05, 0.1) is 6.67 Å². The van der Waals surface area contributed by atoms with Crippen molar-refractivity contribution in [2.45, 2.75) is 19.3 Å². The number of alkyl halides is 1. The van der Waals surface area contributed by atoms with Crippen LogP contribution in [0.1, 0.15) is 29.5 Å². The molecule has 0 aliphatic carbocycles. The van der Waals surface area contributed by atoms with E-state index in [0.29, 0.717) is 0 Å². The fourth-order valence-electron chi connectivity index (χ4n) is 1.69. The predicted octanol–water partition coefficient (Wildman–Crippen LogP) is 3.78. The van der Waals surface area contributed by atoms with Gasteiger partial charge in [0.25, 0.3) is 0 Å². The van der Waals surface area contributed by atoms with Crippen LogP contribution in [0.4, 0.5) is 4.39 Å². The zero-order valence-electron chi connectivity index (χ0n) is 8.59. The van der Waals surface area contributed by atoms with E-state index < -0.39 is 6.67 Å². The van der Waals surface area contributed by atoms with Gasteiger partial charge < -0.3 is 0 Å². The van der Waals surface area contributed by atoms with Crippen molar-refractivity contribution in [3.05, 3.63) is 48.4 Å². The molecule has 1 aromatic carbocycles. The Labute approximate surface area is 85.5 Å². The quantitative estimate of drug-likeness (QED) is 0.679. The van der Waals surface area contributed by atoms with Crippen LogP contribution >= 0.6 is 0 Å². The summed E-state index contributed by atoms with van der Waals surface area (Å²) in [6.07, 6.45) is 2.71. The van der Waals surface area contributed by atoms with Gasteiger partial charge in [-0.25, -0.2) is 0 Å². The second-order valence-corrected chi connectivity index (χ2v) is 3.32. The molecule has 0 N–H and O–H groups in total. The van der Waals surface area contributed by atoms with Crippen LogP contribution in [-0.4, -0.2) is 6.67 Å². The molecule has 1 atom stereocenters. The summed E-state index contributed by atoms with van der Waals surface area (Å²) in [5.74, 6) is -0.259. The lowest BCUT2D eigenvalue weighted by atomic mass is 9.91. The Morgan fingerprint density at radius 3 is 2.71 bits per heavy atom. The maximum Gasteiger partial charge on any atom is 0.0963 e. The Bertz CT molecular complexity index is 315. The van der Waals surface area contributed by atoms with E-state index in [-0.39, 0.29) is 5.92 Å². The molecule has 0 fully saturated rings. The topological polar surface area (TPSA) is 0 Å². The van der Waals surface area contributed by atoms with Crippen molar-refractivity contribution in [1.82, 2.24) is 0 Å². The van der Waals surface area contributed by atoms with E-state index in [9.17, 15) is 4.39 Å². The maximum atomic E-state index is 12.5. The first-order valence-electron chi connectivity index (χ1n) is 4.87. The Balaban J connectivity index is 3.21. The van der Waals surface area contributed by atoms with E-state index >= 15 is 0 Å². The number of rotatable bonds is 4. The van der Waals surface area contributed by atoms with Crippen LogP contribution in [0.2, 0.25) is 0 Å². The summed E-state index contributed by atoms with van der Waals surface area (Å²) < 4.78 is 12.5. The van der Waals surface area contributed by atoms with Crippen LogP contribution in [-0.2, 0) is 6.42 Å². The molecule has 0 aliphatic rings. The minimum Gasteiger partial charge on any atom is -0.250 e. The van der Waals surface area contributed by atoms with Crippen LogP contribution in [0.3, 0.4) is 0 Å². The molecular formula is C13H16F. The molecule has 0 spiro atoms. The lowest BCUT2D eigenvalue weighted by Crippen LogP contribution is -2.02. The summed E-state index contributed by atoms with van der Waals surface area (Å²) in [4.78, 5) is 0. The molecule has 0 nitrogen and oxygen atoms in total. The summed E-state index contributed by atoms with van der Waals surface area (Å²) >= 11 is 0. The molecule has 1 aromatic rings. The second kappa shape index (κ2) is 4.94. The van der Waals surface area contributed by atoms with Gasteiger partial charge >= 0.3 is 0 Å². The zero-order valence-corrected chi connectivity index (χ0v) is 8.59. The molecule has 0 amide bonds. The predicted molar refractivity (Wildman–Crippen MR) is 60.0 cm³/mol. The Hall–Kier alpha value is -1.11. The van der Waals surface area contributed by atoms with Gasteiger partial charge in [0.2, 0.25) is 0 Å². The van der Waals surface area contributed by atoms with Gasteiger partial charge in [-0.15, -0.1) is 0 Å². The lowest BCUT2D eigenvalue weighted by Gasteiger charge is -2.14. The van der Waals surface area contributed by atoms with Crippen LogP contribution < -0.4 is 0 Å². The molecule has 0 aliphatic heterocycles. The van der Waals surface area contributed by atoms with Gasteiger partial charge in [-0.1, -0.05) is 37.8 Å². The average Bonchev–Trinajstić information content (AvgIpc) is 2.26. The summed E-state index contributed by atoms with van der Waals surface area (Å²) in [6.45, 7) is 9.21. The van der Waals surface area contributed by atoms with Crippen molar-refractivity contribution in [2.75, 3.05) is 6.67 Å². The van der Waals surface area contributed by atoms with Gasteiger partial charge in [-0.05, 0) is 30.0 Å². The van der Waals surface area contributed by atoms with E-state index in [1.54, 1.807) is 0 Å². The molecule has 0 aromatic heterocycles. The van der Waals surface area contributed by atoms with E-state index in [2.05, 4.69) is 20.4 Å². The van der Waals surface area contributed by atoms with Crippen LogP contribution in [0.5, 0.6) is 0 Å². The van der Waals surface area contributed by atoms with Crippen molar-refractivity contribution >= 4 is 6.08 Å². The summed E-state index contributed by atoms with van der Waals surface area (Å²) in [5, 5.41) is 0. The Morgan fingerprint density at radius 1 is 1.50 bits per heavy atom. The SMILES string of the molecule is [CH2]C(CF)c1cccc(C=C)c1CC. The third kappa shape index (κ3) is 2.03. The normalized spacial score (nSPS) is 12.5. The highest BCUT2D eigenvalue weighted by molar-refractivity contribution is 5.55. The third-order valence-corrected chi connectivity index (χ3v) is 2.45. The van der Waals surface area contributed by atoms with E-state index in [4.69, 9.17) is 0 Å². The van der Waals surface area contributed by atoms with Crippen molar-refractivity contribution < 1.29 is 4.39 Å². The molecule has 14 heavy (non-hydrogen) atoms. The number of halogens is 1. The molecule has 0 bridgehead atoms. The highest BCUT2D eigenvalue weighted by Crippen LogP contribution is 2.24. The minimum absolute atomic E-state index is 0.259. The molecule has 0 saturated heterocycles. The standard InChI is InChI=1S/C13H16F/c1-4-11-7-6-8-13(10(3)9-14)12(11)5-2/h4,6-8,10H,1,3,5,9H2,2H3. The smallest absolute Gasteiger partial charge is 0.0963 e. The number of hydrogen-bond donors (Lipinski definition) is 0. The molecule has 1 radical (unpaired) electrons. The Morgan fingerprint density at radius 2 is 2.21 bits per heavy atom. The van der Waals surface area contributed by atoms with Gasteiger partial charge in [-0.3, -0.25) is 4.39 Å². The first-order chi connectivity index (χ1) is 6.74. The van der Waals surface area contributed by atoms with Crippen molar-refractivity contribution in [2.24, 2.45) is 0 Å². The molecule has 1 rings (SSSR count). The number of benzene rings is 1. The highest BCUT2D eigenvalue weighted by Gasteiger charge is 2.10. The second-order valence-electron chi connectivity index (χ2n) is 3.32. The molecule has 1 heteroatoms. The summed E-state index contributed by atoms with van der Waals surface area (Å²) in [7, 11) is 0. The Kier molecular flexibility index (Phi) is 3.87. The summed E-state index contributed by atoms with van der Waals surface area (Å²) in [6, 6.07) is 5.88. The molecule has 75 valence electrons. The number of hydrogen-bond acceptors (Lipinski definition) is 0. The largest absolute Gasteiger partial charge is 0.250 e. The first-order valence-corrected chi connectivity index (χ1v) is 4.87. The summed E-state index contributed by atoms with van der Waals surface area (Å²) in [5.41, 5.74) is 3.26. The van der Waals surface area contributed by atoms with E-state index in [0.717, 1.165) is 17.5 Å². The fourth-order valence-corrected chi connectivity index (χ4v) is 1.69. The highest BCUT2D eigenvalue weighted by atomic mass is 19.1. The van der Waals surface area contributed by atoms with Crippen molar-refractivity contribution in [3.8, 4) is 0 Å². The molecule has 1 unspecified atom stereocenters. The van der Waals surface area contributed by atoms with E-state index in [1.165, 1.54) is 5.56 Å². The van der Waals surface area contributed by atoms with Crippen LogP contribution in [0.15, 0.2) is 24.8 Å².